The fraction of sp³-hybridized carbons (Fsp3) is 0.381. The molecule has 0 spiro atoms. The van der Waals surface area contributed by atoms with Crippen molar-refractivity contribution in [1.82, 2.24) is 25.6 Å². The van der Waals surface area contributed by atoms with Gasteiger partial charge in [-0.05, 0) is 75.2 Å². The first-order valence-corrected chi connectivity index (χ1v) is 9.59. The van der Waals surface area contributed by atoms with Crippen LogP contribution in [0.4, 0.5) is 0 Å². The van der Waals surface area contributed by atoms with E-state index in [1.165, 1.54) is 0 Å². The molecule has 1 amide bonds. The van der Waals surface area contributed by atoms with Crippen molar-refractivity contribution in [2.45, 2.75) is 38.8 Å². The van der Waals surface area contributed by atoms with Crippen molar-refractivity contribution >= 4 is 16.9 Å². The molecule has 2 N–H and O–H groups in total. The number of amides is 1. The Morgan fingerprint density at radius 2 is 1.81 bits per heavy atom. The van der Waals surface area contributed by atoms with Crippen molar-refractivity contribution in [1.29, 1.82) is 0 Å². The highest BCUT2D eigenvalue weighted by atomic mass is 16.1. The number of aromatic nitrogens is 3. The Bertz CT molecular complexity index is 939. The molecule has 2 heterocycles. The fourth-order valence-corrected chi connectivity index (χ4v) is 3.60. The Hall–Kier alpha value is -2.73. The van der Waals surface area contributed by atoms with Crippen molar-refractivity contribution < 1.29 is 4.79 Å². The summed E-state index contributed by atoms with van der Waals surface area (Å²) in [7, 11) is 0. The van der Waals surface area contributed by atoms with Crippen molar-refractivity contribution in [2.24, 2.45) is 0 Å². The Balaban J connectivity index is 1.58. The topological polar surface area (TPSA) is 71.8 Å². The molecule has 140 valence electrons. The Labute approximate surface area is 159 Å². The van der Waals surface area contributed by atoms with Crippen LogP contribution in [0.5, 0.6) is 0 Å². The van der Waals surface area contributed by atoms with Crippen molar-refractivity contribution in [3.63, 3.8) is 0 Å². The Kier molecular flexibility index (Phi) is 4.90. The summed E-state index contributed by atoms with van der Waals surface area (Å²) in [6, 6.07) is 14.5. The molecular weight excluding hydrogens is 338 g/mol. The number of carbonyl (C=O) groups excluding carboxylic acids is 1. The molecule has 0 bridgehead atoms. The maximum absolute atomic E-state index is 12.1. The lowest BCUT2D eigenvalue weighted by Gasteiger charge is -2.22. The summed E-state index contributed by atoms with van der Waals surface area (Å²) in [4.78, 5) is 12.1. The molecule has 1 aliphatic rings. The average molecular weight is 363 g/mol. The molecular formula is C21H25N5O. The van der Waals surface area contributed by atoms with Crippen LogP contribution in [0.1, 0.15) is 43.1 Å². The summed E-state index contributed by atoms with van der Waals surface area (Å²) >= 11 is 0. The second kappa shape index (κ2) is 7.48. The van der Waals surface area contributed by atoms with Crippen LogP contribution in [0, 0.1) is 0 Å². The van der Waals surface area contributed by atoms with Crippen LogP contribution in [-0.4, -0.2) is 40.0 Å². The minimum Gasteiger partial charge on any atom is -0.350 e. The normalized spacial score (nSPS) is 15.4. The SMILES string of the molecule is CC(C)NC(=O)c1ccc(-c2ccc3c(c2)nnn3C2CCNCC2)cc1. The number of rotatable bonds is 4. The van der Waals surface area contributed by atoms with E-state index in [1.54, 1.807) is 0 Å². The molecule has 4 rings (SSSR count). The van der Waals surface area contributed by atoms with E-state index in [0.29, 0.717) is 11.6 Å². The molecule has 0 aliphatic carbocycles. The summed E-state index contributed by atoms with van der Waals surface area (Å²) in [6.07, 6.45) is 2.17. The molecule has 1 aliphatic heterocycles. The predicted octanol–water partition coefficient (Wildman–Crippen LogP) is 3.16. The van der Waals surface area contributed by atoms with Gasteiger partial charge >= 0.3 is 0 Å². The van der Waals surface area contributed by atoms with Gasteiger partial charge in [-0.1, -0.05) is 23.4 Å². The van der Waals surface area contributed by atoms with Crippen LogP contribution in [-0.2, 0) is 0 Å². The maximum Gasteiger partial charge on any atom is 0.251 e. The van der Waals surface area contributed by atoms with Gasteiger partial charge in [-0.25, -0.2) is 4.68 Å². The zero-order valence-electron chi connectivity index (χ0n) is 15.8. The third-order valence-electron chi connectivity index (χ3n) is 5.03. The van der Waals surface area contributed by atoms with E-state index in [-0.39, 0.29) is 11.9 Å². The Morgan fingerprint density at radius 3 is 2.52 bits per heavy atom. The largest absolute Gasteiger partial charge is 0.350 e. The highest BCUT2D eigenvalue weighted by Gasteiger charge is 2.18. The number of nitrogens with one attached hydrogen (secondary N) is 2. The molecule has 0 unspecified atom stereocenters. The number of piperidine rings is 1. The summed E-state index contributed by atoms with van der Waals surface area (Å²) in [5.41, 5.74) is 4.81. The highest BCUT2D eigenvalue weighted by molar-refractivity contribution is 5.95. The van der Waals surface area contributed by atoms with Crippen molar-refractivity contribution in [3.8, 4) is 11.1 Å². The molecule has 0 atom stereocenters. The van der Waals surface area contributed by atoms with Crippen LogP contribution in [0.3, 0.4) is 0 Å². The minimum absolute atomic E-state index is 0.0445. The molecule has 3 aromatic rings. The van der Waals surface area contributed by atoms with E-state index >= 15 is 0 Å². The number of fused-ring (bicyclic) bond motifs is 1. The van der Waals surface area contributed by atoms with Gasteiger partial charge in [0, 0.05) is 11.6 Å². The Morgan fingerprint density at radius 1 is 1.11 bits per heavy atom. The monoisotopic (exact) mass is 363 g/mol. The van der Waals surface area contributed by atoms with E-state index in [1.807, 2.05) is 38.1 Å². The average Bonchev–Trinajstić information content (AvgIpc) is 3.11. The third-order valence-corrected chi connectivity index (χ3v) is 5.03. The standard InChI is InChI=1S/C21H25N5O/c1-14(2)23-21(27)16-5-3-15(4-6-16)17-7-8-20-19(13-17)24-25-26(20)18-9-11-22-12-10-18/h3-8,13-14,18,22H,9-12H2,1-2H3,(H,23,27). The van der Waals surface area contributed by atoms with Gasteiger partial charge in [0.05, 0.1) is 11.6 Å². The first kappa shape index (κ1) is 17.7. The summed E-state index contributed by atoms with van der Waals surface area (Å²) in [5.74, 6) is -0.0445. The molecule has 0 saturated carbocycles. The van der Waals surface area contributed by atoms with Crippen LogP contribution < -0.4 is 10.6 Å². The van der Waals surface area contributed by atoms with Gasteiger partial charge in [0.1, 0.15) is 5.52 Å². The molecule has 1 aromatic heterocycles. The summed E-state index contributed by atoms with van der Waals surface area (Å²) in [5, 5.41) is 15.1. The molecule has 27 heavy (non-hydrogen) atoms. The predicted molar refractivity (Wildman–Crippen MR) is 107 cm³/mol. The van der Waals surface area contributed by atoms with Crippen LogP contribution >= 0.6 is 0 Å². The van der Waals surface area contributed by atoms with Gasteiger partial charge in [-0.3, -0.25) is 4.79 Å². The number of nitrogens with zero attached hydrogens (tertiary/aromatic N) is 3. The molecule has 2 aromatic carbocycles. The van der Waals surface area contributed by atoms with Gasteiger partial charge in [-0.2, -0.15) is 0 Å². The van der Waals surface area contributed by atoms with Crippen LogP contribution in [0.15, 0.2) is 42.5 Å². The third kappa shape index (κ3) is 3.71. The van der Waals surface area contributed by atoms with Crippen LogP contribution in [0.2, 0.25) is 0 Å². The van der Waals surface area contributed by atoms with Gasteiger partial charge in [-0.15, -0.1) is 5.10 Å². The zero-order chi connectivity index (χ0) is 18.8. The number of hydrogen-bond donors (Lipinski definition) is 2. The van der Waals surface area contributed by atoms with E-state index in [9.17, 15) is 4.79 Å². The summed E-state index contributed by atoms with van der Waals surface area (Å²) in [6.45, 7) is 5.97. The molecule has 1 fully saturated rings. The molecule has 6 heteroatoms. The van der Waals surface area contributed by atoms with Gasteiger partial charge in [0.15, 0.2) is 0 Å². The van der Waals surface area contributed by atoms with Gasteiger partial charge in [0.25, 0.3) is 5.91 Å². The number of carbonyl (C=O) groups is 1. The maximum atomic E-state index is 12.1. The second-order valence-electron chi connectivity index (χ2n) is 7.42. The number of hydrogen-bond acceptors (Lipinski definition) is 4. The lowest BCUT2D eigenvalue weighted by Crippen LogP contribution is -2.29. The zero-order valence-corrected chi connectivity index (χ0v) is 15.8. The van der Waals surface area contributed by atoms with Gasteiger partial charge < -0.3 is 10.6 Å². The van der Waals surface area contributed by atoms with E-state index in [4.69, 9.17) is 0 Å². The quantitative estimate of drug-likeness (QED) is 0.747. The lowest BCUT2D eigenvalue weighted by atomic mass is 10.0. The van der Waals surface area contributed by atoms with Crippen LogP contribution in [0.25, 0.3) is 22.2 Å². The first-order chi connectivity index (χ1) is 13.1. The van der Waals surface area contributed by atoms with Crippen molar-refractivity contribution in [3.05, 3.63) is 48.0 Å². The first-order valence-electron chi connectivity index (χ1n) is 9.59. The minimum atomic E-state index is -0.0445. The molecule has 1 saturated heterocycles. The highest BCUT2D eigenvalue weighted by Crippen LogP contribution is 2.27. The molecule has 6 nitrogen and oxygen atoms in total. The lowest BCUT2D eigenvalue weighted by molar-refractivity contribution is 0.0943. The number of benzene rings is 2. The van der Waals surface area contributed by atoms with E-state index in [0.717, 1.165) is 48.1 Å². The summed E-state index contributed by atoms with van der Waals surface area (Å²) < 4.78 is 2.07. The van der Waals surface area contributed by atoms with E-state index < -0.39 is 0 Å². The van der Waals surface area contributed by atoms with Gasteiger partial charge in [0.2, 0.25) is 0 Å². The second-order valence-corrected chi connectivity index (χ2v) is 7.42. The van der Waals surface area contributed by atoms with E-state index in [2.05, 4.69) is 43.8 Å². The smallest absolute Gasteiger partial charge is 0.251 e. The van der Waals surface area contributed by atoms with Crippen molar-refractivity contribution in [2.75, 3.05) is 13.1 Å². The fourth-order valence-electron chi connectivity index (χ4n) is 3.60. The molecule has 0 radical (unpaired) electrons.